The van der Waals surface area contributed by atoms with Gasteiger partial charge in [-0.3, -0.25) is 4.79 Å². The van der Waals surface area contributed by atoms with Crippen LogP contribution in [0.15, 0.2) is 29.4 Å². The van der Waals surface area contributed by atoms with Gasteiger partial charge in [0.25, 0.3) is 5.91 Å². The smallest absolute Gasteiger partial charge is 0.295 e. The van der Waals surface area contributed by atoms with Crippen molar-refractivity contribution in [2.75, 3.05) is 27.7 Å². The van der Waals surface area contributed by atoms with Gasteiger partial charge in [0.05, 0.1) is 27.4 Å². The van der Waals surface area contributed by atoms with E-state index in [1.165, 1.54) is 12.3 Å². The van der Waals surface area contributed by atoms with Gasteiger partial charge in [-0.15, -0.1) is 12.4 Å². The van der Waals surface area contributed by atoms with Crippen LogP contribution in [0.5, 0.6) is 5.75 Å². The molecule has 1 amide bonds. The van der Waals surface area contributed by atoms with E-state index in [1.54, 1.807) is 18.2 Å². The molecule has 18 heavy (non-hydrogen) atoms. The first kappa shape index (κ1) is 16.4. The Kier molecular flexibility index (Phi) is 6.36. The molecule has 0 aliphatic carbocycles. The van der Waals surface area contributed by atoms with E-state index in [2.05, 4.69) is 10.5 Å². The third-order valence-electron chi connectivity index (χ3n) is 1.93. The zero-order valence-corrected chi connectivity index (χ0v) is 11.5. The minimum Gasteiger partial charge on any atom is -0.872 e. The normalized spacial score (nSPS) is 11.1. The lowest BCUT2D eigenvalue weighted by Gasteiger charge is -2.22. The van der Waals surface area contributed by atoms with Crippen LogP contribution in [0.25, 0.3) is 0 Å². The number of quaternary nitrogens is 1. The molecule has 1 N–H and O–H groups in total. The molecule has 1 aromatic carbocycles. The predicted octanol–water partition coefficient (Wildman–Crippen LogP) is 0.338. The van der Waals surface area contributed by atoms with Crippen LogP contribution in [-0.2, 0) is 4.79 Å². The summed E-state index contributed by atoms with van der Waals surface area (Å²) in [6.07, 6.45) is 1.36. The van der Waals surface area contributed by atoms with Gasteiger partial charge in [-0.05, 0) is 5.56 Å². The van der Waals surface area contributed by atoms with E-state index in [4.69, 9.17) is 0 Å². The van der Waals surface area contributed by atoms with Crippen molar-refractivity contribution in [3.05, 3.63) is 29.8 Å². The van der Waals surface area contributed by atoms with Crippen molar-refractivity contribution in [2.24, 2.45) is 5.10 Å². The summed E-state index contributed by atoms with van der Waals surface area (Å²) in [6.45, 7) is 0.330. The number of rotatable bonds is 4. The van der Waals surface area contributed by atoms with Gasteiger partial charge < -0.3 is 9.59 Å². The maximum absolute atomic E-state index is 11.4. The molecule has 0 saturated carbocycles. The summed E-state index contributed by atoms with van der Waals surface area (Å²) in [5.41, 5.74) is 2.85. The first-order valence-electron chi connectivity index (χ1n) is 5.27. The molecule has 1 aromatic rings. The molecule has 0 radical (unpaired) electrons. The lowest BCUT2D eigenvalue weighted by atomic mass is 10.2. The van der Waals surface area contributed by atoms with Gasteiger partial charge in [-0.25, -0.2) is 5.43 Å². The Hall–Kier alpha value is -1.59. The van der Waals surface area contributed by atoms with E-state index in [1.807, 2.05) is 21.1 Å². The molecule has 1 rings (SSSR count). The fourth-order valence-electron chi connectivity index (χ4n) is 1.23. The number of nitrogens with zero attached hydrogens (tertiary/aromatic N) is 2. The largest absolute Gasteiger partial charge is 0.872 e. The lowest BCUT2D eigenvalue weighted by Crippen LogP contribution is -2.43. The summed E-state index contributed by atoms with van der Waals surface area (Å²) in [5, 5.41) is 15.1. The Bertz CT molecular complexity index is 428. The Morgan fingerprint density at radius 1 is 1.39 bits per heavy atom. The van der Waals surface area contributed by atoms with Crippen LogP contribution in [0.1, 0.15) is 5.56 Å². The highest BCUT2D eigenvalue weighted by Gasteiger charge is 2.12. The summed E-state index contributed by atoms with van der Waals surface area (Å²) >= 11 is 0. The molecular formula is C12H18ClN3O2. The summed E-state index contributed by atoms with van der Waals surface area (Å²) in [7, 11) is 5.74. The van der Waals surface area contributed by atoms with E-state index < -0.39 is 0 Å². The summed E-state index contributed by atoms with van der Waals surface area (Å²) in [5.74, 6) is -0.297. The van der Waals surface area contributed by atoms with Crippen LogP contribution in [-0.4, -0.2) is 44.3 Å². The van der Waals surface area contributed by atoms with E-state index >= 15 is 0 Å². The molecule has 6 heteroatoms. The fraction of sp³-hybridized carbons (Fsp3) is 0.333. The van der Waals surface area contributed by atoms with Crippen LogP contribution < -0.4 is 10.5 Å². The average molecular weight is 272 g/mol. The van der Waals surface area contributed by atoms with Gasteiger partial charge >= 0.3 is 0 Å². The SMILES string of the molecule is C[N+](C)(C)CC(=O)NN=Cc1ccccc1[O-].Cl. The topological polar surface area (TPSA) is 64.5 Å². The lowest BCUT2D eigenvalue weighted by molar-refractivity contribution is -0.862. The first-order valence-corrected chi connectivity index (χ1v) is 5.27. The standard InChI is InChI=1S/C12H17N3O2.ClH/c1-15(2,3)9-12(17)14-13-8-10-6-4-5-7-11(10)16;/h4-8H,9H2,1-3H3,(H-,13,14,16,17);1H. The maximum Gasteiger partial charge on any atom is 0.295 e. The third kappa shape index (κ3) is 6.22. The molecule has 100 valence electrons. The van der Waals surface area contributed by atoms with Crippen LogP contribution in [0.2, 0.25) is 0 Å². The van der Waals surface area contributed by atoms with Gasteiger partial charge in [0.15, 0.2) is 6.54 Å². The highest BCUT2D eigenvalue weighted by atomic mass is 35.5. The van der Waals surface area contributed by atoms with Crippen molar-refractivity contribution in [2.45, 2.75) is 0 Å². The van der Waals surface area contributed by atoms with E-state index in [0.29, 0.717) is 16.6 Å². The number of para-hydroxylation sites is 1. The fourth-order valence-corrected chi connectivity index (χ4v) is 1.23. The van der Waals surface area contributed by atoms with Crippen LogP contribution in [0, 0.1) is 0 Å². The molecule has 0 aliphatic rings. The van der Waals surface area contributed by atoms with Gasteiger partial charge in [-0.2, -0.15) is 5.10 Å². The van der Waals surface area contributed by atoms with Gasteiger partial charge in [0.1, 0.15) is 0 Å². The zero-order chi connectivity index (χ0) is 12.9. The summed E-state index contributed by atoms with van der Waals surface area (Å²) in [4.78, 5) is 11.4. The van der Waals surface area contributed by atoms with Crippen LogP contribution >= 0.6 is 12.4 Å². The number of nitrogens with one attached hydrogen (secondary N) is 1. The molecule has 0 bridgehead atoms. The second-order valence-electron chi connectivity index (χ2n) is 4.78. The van der Waals surface area contributed by atoms with Crippen molar-refractivity contribution >= 4 is 24.5 Å². The number of hydrogen-bond donors (Lipinski definition) is 1. The number of hydrogen-bond acceptors (Lipinski definition) is 3. The van der Waals surface area contributed by atoms with Gasteiger partial charge in [-0.1, -0.05) is 30.0 Å². The second kappa shape index (κ2) is 6.98. The predicted molar refractivity (Wildman–Crippen MR) is 71.8 cm³/mol. The Morgan fingerprint density at radius 2 is 2.00 bits per heavy atom. The van der Waals surface area contributed by atoms with E-state index in [-0.39, 0.29) is 24.1 Å². The third-order valence-corrected chi connectivity index (χ3v) is 1.93. The molecule has 0 aromatic heterocycles. The molecule has 0 spiro atoms. The quantitative estimate of drug-likeness (QED) is 0.488. The van der Waals surface area contributed by atoms with Crippen LogP contribution in [0.3, 0.4) is 0 Å². The van der Waals surface area contributed by atoms with Crippen molar-refractivity contribution in [1.82, 2.24) is 5.43 Å². The minimum atomic E-state index is -0.183. The minimum absolute atomic E-state index is 0. The number of benzene rings is 1. The van der Waals surface area contributed by atoms with Crippen molar-refractivity contribution in [3.8, 4) is 5.75 Å². The number of carbonyl (C=O) groups is 1. The molecule has 0 heterocycles. The van der Waals surface area contributed by atoms with Crippen molar-refractivity contribution in [1.29, 1.82) is 0 Å². The number of likely N-dealkylation sites (N-methyl/N-ethyl adjacent to an activating group) is 1. The van der Waals surface area contributed by atoms with Crippen LogP contribution in [0.4, 0.5) is 0 Å². The van der Waals surface area contributed by atoms with Crippen molar-refractivity contribution < 1.29 is 14.4 Å². The number of carbonyl (C=O) groups excluding carboxylic acids is 1. The maximum atomic E-state index is 11.4. The molecule has 0 fully saturated rings. The van der Waals surface area contributed by atoms with Gasteiger partial charge in [0.2, 0.25) is 0 Å². The van der Waals surface area contributed by atoms with E-state index in [9.17, 15) is 9.90 Å². The second-order valence-corrected chi connectivity index (χ2v) is 4.78. The number of halogens is 1. The molecule has 0 saturated heterocycles. The molecule has 0 atom stereocenters. The molecule has 0 unspecified atom stereocenters. The van der Waals surface area contributed by atoms with Crippen molar-refractivity contribution in [3.63, 3.8) is 0 Å². The first-order chi connectivity index (χ1) is 7.88. The molecular weight excluding hydrogens is 254 g/mol. The molecule has 0 aliphatic heterocycles. The average Bonchev–Trinajstić information content (AvgIpc) is 2.18. The van der Waals surface area contributed by atoms with Gasteiger partial charge in [0, 0.05) is 0 Å². The highest BCUT2D eigenvalue weighted by molar-refractivity contribution is 5.85. The molecule has 5 nitrogen and oxygen atoms in total. The Morgan fingerprint density at radius 3 is 2.56 bits per heavy atom. The van der Waals surface area contributed by atoms with E-state index in [0.717, 1.165) is 0 Å². The Balaban J connectivity index is 0.00000289. The zero-order valence-electron chi connectivity index (χ0n) is 10.7. The number of amides is 1. The summed E-state index contributed by atoms with van der Waals surface area (Å²) < 4.78 is 0.527. The number of hydrazone groups is 1. The monoisotopic (exact) mass is 271 g/mol. The highest BCUT2D eigenvalue weighted by Crippen LogP contribution is 2.08. The Labute approximate surface area is 113 Å². The summed E-state index contributed by atoms with van der Waals surface area (Å²) in [6, 6.07) is 6.51.